The van der Waals surface area contributed by atoms with Gasteiger partial charge in [-0.1, -0.05) is 50.2 Å². The number of fused-ring (bicyclic) bond motifs is 5. The van der Waals surface area contributed by atoms with E-state index in [4.69, 9.17) is 4.99 Å². The van der Waals surface area contributed by atoms with E-state index in [0.29, 0.717) is 47.6 Å². The summed E-state index contributed by atoms with van der Waals surface area (Å²) in [6.45, 7) is 5.41. The van der Waals surface area contributed by atoms with Gasteiger partial charge in [0.25, 0.3) is 5.91 Å². The third kappa shape index (κ3) is 3.81. The van der Waals surface area contributed by atoms with Gasteiger partial charge in [-0.3, -0.25) is 19.4 Å². The molecule has 3 aliphatic carbocycles. The molecular weight excluding hydrogens is 460 g/mol. The van der Waals surface area contributed by atoms with Crippen molar-refractivity contribution in [2.75, 3.05) is 11.4 Å². The summed E-state index contributed by atoms with van der Waals surface area (Å²) in [6.07, 6.45) is 5.94. The molecule has 6 atom stereocenters. The van der Waals surface area contributed by atoms with Gasteiger partial charge in [0, 0.05) is 42.0 Å². The Morgan fingerprint density at radius 2 is 1.59 bits per heavy atom. The molecule has 0 N–H and O–H groups in total. The van der Waals surface area contributed by atoms with Crippen LogP contribution in [0.25, 0.3) is 0 Å². The molecule has 1 unspecified atom stereocenters. The lowest BCUT2D eigenvalue weighted by atomic mass is 9.49. The number of hydrogen-bond acceptors (Lipinski definition) is 4. The molecule has 4 aliphatic rings. The number of aliphatic imine (C=N–C) groups is 1. The molecule has 3 fully saturated rings. The number of hydrogen-bond donors (Lipinski definition) is 0. The van der Waals surface area contributed by atoms with Crippen molar-refractivity contribution < 1.29 is 14.4 Å². The molecule has 0 aromatic heterocycles. The van der Waals surface area contributed by atoms with Gasteiger partial charge in [-0.05, 0) is 79.5 Å². The second-order valence-electron chi connectivity index (χ2n) is 12.2. The zero-order valence-electron chi connectivity index (χ0n) is 21.9. The van der Waals surface area contributed by atoms with Crippen molar-refractivity contribution in [3.8, 4) is 0 Å². The van der Waals surface area contributed by atoms with E-state index >= 15 is 0 Å². The summed E-state index contributed by atoms with van der Waals surface area (Å²) in [5.74, 6) is 1.17. The van der Waals surface area contributed by atoms with E-state index in [1.807, 2.05) is 48.5 Å². The highest BCUT2D eigenvalue weighted by molar-refractivity contribution is 6.21. The maximum Gasteiger partial charge on any atom is 0.265 e. The van der Waals surface area contributed by atoms with Crippen molar-refractivity contribution in [3.63, 3.8) is 0 Å². The molecule has 0 radical (unpaired) electrons. The number of amides is 2. The molecule has 1 aliphatic heterocycles. The van der Waals surface area contributed by atoms with E-state index in [9.17, 15) is 14.4 Å². The van der Waals surface area contributed by atoms with Crippen molar-refractivity contribution in [3.05, 3.63) is 66.2 Å². The van der Waals surface area contributed by atoms with Gasteiger partial charge >= 0.3 is 0 Å². The topological polar surface area (TPSA) is 66.8 Å². The Labute approximate surface area is 219 Å². The van der Waals surface area contributed by atoms with Gasteiger partial charge in [0.05, 0.1) is 5.69 Å². The Morgan fingerprint density at radius 3 is 2.32 bits per heavy atom. The third-order valence-electron chi connectivity index (χ3n) is 10.5. The molecule has 192 valence electrons. The number of rotatable bonds is 3. The first-order chi connectivity index (χ1) is 17.8. The molecule has 6 rings (SSSR count). The van der Waals surface area contributed by atoms with E-state index in [2.05, 4.69) is 13.8 Å². The number of para-hydroxylation sites is 1. The smallest absolute Gasteiger partial charge is 0.265 e. The summed E-state index contributed by atoms with van der Waals surface area (Å²) in [6, 6.07) is 18.5. The Morgan fingerprint density at radius 1 is 0.892 bits per heavy atom. The van der Waals surface area contributed by atoms with Crippen LogP contribution in [0.15, 0.2) is 65.7 Å². The second-order valence-corrected chi connectivity index (χ2v) is 12.2. The van der Waals surface area contributed by atoms with Crippen molar-refractivity contribution in [1.82, 2.24) is 0 Å². The van der Waals surface area contributed by atoms with Crippen LogP contribution >= 0.6 is 0 Å². The van der Waals surface area contributed by atoms with Gasteiger partial charge in [0.15, 0.2) is 0 Å². The Bertz CT molecular complexity index is 1260. The van der Waals surface area contributed by atoms with Gasteiger partial charge in [-0.25, -0.2) is 4.90 Å². The molecule has 0 saturated heterocycles. The molecule has 2 aromatic rings. The number of benzene rings is 2. The minimum absolute atomic E-state index is 0.0135. The summed E-state index contributed by atoms with van der Waals surface area (Å²) in [4.78, 5) is 46.7. The number of ketones is 1. The van der Waals surface area contributed by atoms with Crippen LogP contribution in [0.2, 0.25) is 0 Å². The average Bonchev–Trinajstić information content (AvgIpc) is 3.27. The van der Waals surface area contributed by atoms with Gasteiger partial charge in [0.1, 0.15) is 5.78 Å². The van der Waals surface area contributed by atoms with Gasteiger partial charge in [-0.2, -0.15) is 0 Å². The minimum Gasteiger partial charge on any atom is -0.299 e. The van der Waals surface area contributed by atoms with Crippen molar-refractivity contribution in [1.29, 1.82) is 0 Å². The molecule has 1 heterocycles. The summed E-state index contributed by atoms with van der Waals surface area (Å²) in [7, 11) is 0. The van der Waals surface area contributed by atoms with Crippen LogP contribution in [0.3, 0.4) is 0 Å². The molecular formula is C32H36N2O3. The highest BCUT2D eigenvalue weighted by atomic mass is 16.2. The first-order valence-electron chi connectivity index (χ1n) is 13.9. The normalized spacial score (nSPS) is 34.5. The number of carbonyl (C=O) groups is 3. The monoisotopic (exact) mass is 496 g/mol. The highest BCUT2D eigenvalue weighted by Gasteiger charge is 2.61. The van der Waals surface area contributed by atoms with E-state index in [1.165, 1.54) is 4.90 Å². The van der Waals surface area contributed by atoms with Gasteiger partial charge < -0.3 is 0 Å². The standard InChI is InChI=1S/C32H36N2O3/c1-31-18-16-26-24(20-33-28-19-23(35)15-17-32(26,28)2)25(31)13-14-27(31)30(37)34(22-11-7-4-8-12-22)29(36)21-9-5-3-6-10-21/h3-12,24-27H,13-20H2,1-2H3/t24-,25-,26+,27?,31-,32+/m0/s1. The van der Waals surface area contributed by atoms with Crippen molar-refractivity contribution >= 4 is 29.0 Å². The maximum atomic E-state index is 14.3. The van der Waals surface area contributed by atoms with E-state index in [0.717, 1.165) is 44.4 Å². The SMILES string of the molecule is C[C@]12CCC(=O)CC1=NC[C@@H]1[C@H]2CC[C@]2(C)C(C(=O)N(C(=O)c3ccccc3)c3ccccc3)CC[C@@H]12. The molecule has 37 heavy (non-hydrogen) atoms. The highest BCUT2D eigenvalue weighted by Crippen LogP contribution is 2.64. The predicted octanol–water partition coefficient (Wildman–Crippen LogP) is 6.13. The van der Waals surface area contributed by atoms with Gasteiger partial charge in [-0.15, -0.1) is 0 Å². The first-order valence-corrected chi connectivity index (χ1v) is 13.9. The van der Waals surface area contributed by atoms with Crippen LogP contribution in [0.4, 0.5) is 5.69 Å². The lowest BCUT2D eigenvalue weighted by molar-refractivity contribution is -0.128. The summed E-state index contributed by atoms with van der Waals surface area (Å²) >= 11 is 0. The predicted molar refractivity (Wildman–Crippen MR) is 145 cm³/mol. The van der Waals surface area contributed by atoms with Crippen molar-refractivity contribution in [2.24, 2.45) is 39.5 Å². The number of carbonyl (C=O) groups excluding carboxylic acids is 3. The lowest BCUT2D eigenvalue weighted by Gasteiger charge is -2.56. The van der Waals surface area contributed by atoms with E-state index in [-0.39, 0.29) is 28.6 Å². The lowest BCUT2D eigenvalue weighted by Crippen LogP contribution is -2.55. The van der Waals surface area contributed by atoms with Crippen LogP contribution in [-0.4, -0.2) is 29.9 Å². The molecule has 5 nitrogen and oxygen atoms in total. The molecule has 2 aromatic carbocycles. The zero-order chi connectivity index (χ0) is 25.8. The maximum absolute atomic E-state index is 14.3. The molecule has 2 amide bonds. The zero-order valence-corrected chi connectivity index (χ0v) is 21.9. The quantitative estimate of drug-likeness (QED) is 0.480. The number of nitrogens with zero attached hydrogens (tertiary/aromatic N) is 2. The number of Topliss-reactive ketones (excluding diaryl/α,β-unsaturated/α-hetero) is 1. The summed E-state index contributed by atoms with van der Waals surface area (Å²) < 4.78 is 0. The summed E-state index contributed by atoms with van der Waals surface area (Å²) in [5.41, 5.74) is 2.14. The van der Waals surface area contributed by atoms with Crippen LogP contribution in [0.5, 0.6) is 0 Å². The largest absolute Gasteiger partial charge is 0.299 e. The van der Waals surface area contributed by atoms with Crippen LogP contribution < -0.4 is 4.90 Å². The summed E-state index contributed by atoms with van der Waals surface area (Å²) in [5, 5.41) is 0. The third-order valence-corrected chi connectivity index (χ3v) is 10.5. The fourth-order valence-electron chi connectivity index (χ4n) is 8.40. The van der Waals surface area contributed by atoms with Gasteiger partial charge in [0.2, 0.25) is 5.91 Å². The van der Waals surface area contributed by atoms with Crippen LogP contribution in [0, 0.1) is 34.5 Å². The average molecular weight is 497 g/mol. The van der Waals surface area contributed by atoms with Crippen LogP contribution in [-0.2, 0) is 9.59 Å². The first kappa shape index (κ1) is 24.3. The molecule has 3 saturated carbocycles. The van der Waals surface area contributed by atoms with Crippen LogP contribution in [0.1, 0.15) is 69.2 Å². The molecule has 0 spiro atoms. The Kier molecular flexibility index (Phi) is 5.93. The Hall–Kier alpha value is -3.08. The minimum atomic E-state index is -0.260. The fraction of sp³-hybridized carbons (Fsp3) is 0.500. The number of anilines is 1. The molecule has 5 heteroatoms. The van der Waals surface area contributed by atoms with E-state index < -0.39 is 0 Å². The number of imide groups is 1. The van der Waals surface area contributed by atoms with Crippen molar-refractivity contribution in [2.45, 2.75) is 58.8 Å². The Balaban J connectivity index is 1.32. The second kappa shape index (κ2) is 9.04. The molecule has 0 bridgehead atoms. The van der Waals surface area contributed by atoms with E-state index in [1.54, 1.807) is 12.1 Å². The fourth-order valence-corrected chi connectivity index (χ4v) is 8.40.